The van der Waals surface area contributed by atoms with Crippen LogP contribution in [0.15, 0.2) is 0 Å². The lowest BCUT2D eigenvalue weighted by Crippen LogP contribution is -2.47. The molecule has 76 valence electrons. The van der Waals surface area contributed by atoms with Crippen LogP contribution in [0.3, 0.4) is 0 Å². The predicted molar refractivity (Wildman–Crippen MR) is 47.1 cm³/mol. The molecule has 1 saturated heterocycles. The van der Waals surface area contributed by atoms with E-state index in [2.05, 4.69) is 14.5 Å². The first-order chi connectivity index (χ1) is 6.36. The third-order valence-corrected chi connectivity index (χ3v) is 2.21. The lowest BCUT2D eigenvalue weighted by Gasteiger charge is -2.33. The number of piperazine rings is 1. The van der Waals surface area contributed by atoms with Crippen molar-refractivity contribution in [2.24, 2.45) is 0 Å². The second-order valence-electron chi connectivity index (χ2n) is 3.08. The summed E-state index contributed by atoms with van der Waals surface area (Å²) in [5, 5.41) is 8.70. The summed E-state index contributed by atoms with van der Waals surface area (Å²) in [6, 6.07) is 0. The van der Waals surface area contributed by atoms with Crippen LogP contribution >= 0.6 is 0 Å². The van der Waals surface area contributed by atoms with E-state index in [1.807, 2.05) is 0 Å². The summed E-state index contributed by atoms with van der Waals surface area (Å²) in [6.45, 7) is 5.47. The van der Waals surface area contributed by atoms with Crippen LogP contribution in [0.4, 0.5) is 0 Å². The average molecular weight is 188 g/mol. The Kier molecular flexibility index (Phi) is 4.74. The van der Waals surface area contributed by atoms with Gasteiger partial charge < -0.3 is 9.84 Å². The minimum Gasteiger partial charge on any atom is -0.452 e. The van der Waals surface area contributed by atoms with Gasteiger partial charge in [-0.1, -0.05) is 0 Å². The van der Waals surface area contributed by atoms with Gasteiger partial charge in [0.25, 0.3) is 6.47 Å². The smallest absolute Gasteiger partial charge is 0.294 e. The van der Waals surface area contributed by atoms with Crippen molar-refractivity contribution in [2.75, 3.05) is 46.1 Å². The number of hydrogen-bond donors (Lipinski definition) is 1. The van der Waals surface area contributed by atoms with Crippen LogP contribution in [0.25, 0.3) is 0 Å². The molecule has 0 aromatic carbocycles. The molecule has 0 radical (unpaired) electrons. The highest BCUT2D eigenvalue weighted by atomic mass is 16.5. The topological polar surface area (TPSA) is 53.0 Å². The molecule has 0 amide bonds. The van der Waals surface area contributed by atoms with E-state index < -0.39 is 0 Å². The predicted octanol–water partition coefficient (Wildman–Crippen LogP) is -1.27. The summed E-state index contributed by atoms with van der Waals surface area (Å²) >= 11 is 0. The molecule has 1 fully saturated rings. The first-order valence-electron chi connectivity index (χ1n) is 4.47. The number of carbonyl (C=O) groups is 1. The molecule has 0 aromatic rings. The first kappa shape index (κ1) is 10.4. The van der Waals surface area contributed by atoms with Crippen LogP contribution in [0.2, 0.25) is 0 Å². The van der Waals surface area contributed by atoms with Gasteiger partial charge in [0.15, 0.2) is 0 Å². The second-order valence-corrected chi connectivity index (χ2v) is 3.08. The van der Waals surface area contributed by atoms with Gasteiger partial charge in [-0.15, -0.1) is 0 Å². The molecule has 13 heavy (non-hydrogen) atoms. The summed E-state index contributed by atoms with van der Waals surface area (Å²) in [7, 11) is 0. The Morgan fingerprint density at radius 1 is 1.23 bits per heavy atom. The van der Waals surface area contributed by atoms with E-state index in [9.17, 15) is 4.79 Å². The first-order valence-corrected chi connectivity index (χ1v) is 4.47. The molecule has 0 aromatic heterocycles. The molecule has 0 atom stereocenters. The molecular formula is C8H16N2O3. The number of nitrogens with zero attached hydrogens (tertiary/aromatic N) is 2. The molecule has 0 unspecified atom stereocenters. The zero-order valence-corrected chi connectivity index (χ0v) is 7.69. The Morgan fingerprint density at radius 2 is 1.85 bits per heavy atom. The second kappa shape index (κ2) is 5.90. The highest BCUT2D eigenvalue weighted by Gasteiger charge is 2.15. The quantitative estimate of drug-likeness (QED) is 0.545. The van der Waals surface area contributed by atoms with E-state index in [4.69, 9.17) is 5.11 Å². The average Bonchev–Trinajstić information content (AvgIpc) is 2.17. The van der Waals surface area contributed by atoms with Gasteiger partial charge in [0.05, 0.1) is 6.61 Å². The van der Waals surface area contributed by atoms with Crippen molar-refractivity contribution in [3.05, 3.63) is 0 Å². The molecule has 1 heterocycles. The van der Waals surface area contributed by atoms with Crippen LogP contribution in [-0.4, -0.2) is 67.4 Å². The normalized spacial score (nSPS) is 20.1. The van der Waals surface area contributed by atoms with Crippen LogP contribution < -0.4 is 0 Å². The van der Waals surface area contributed by atoms with Gasteiger partial charge in [-0.25, -0.2) is 0 Å². The zero-order chi connectivity index (χ0) is 9.52. The summed E-state index contributed by atoms with van der Waals surface area (Å²) in [6.07, 6.45) is 0. The third kappa shape index (κ3) is 3.71. The maximum Gasteiger partial charge on any atom is 0.294 e. The lowest BCUT2D eigenvalue weighted by atomic mass is 10.3. The Balaban J connectivity index is 2.11. The number of ether oxygens (including phenoxy) is 1. The van der Waals surface area contributed by atoms with Crippen LogP contribution in [0.1, 0.15) is 0 Å². The molecular weight excluding hydrogens is 172 g/mol. The molecule has 0 aliphatic carbocycles. The van der Waals surface area contributed by atoms with E-state index >= 15 is 0 Å². The van der Waals surface area contributed by atoms with Crippen molar-refractivity contribution in [3.8, 4) is 0 Å². The Labute approximate surface area is 77.9 Å². The fourth-order valence-electron chi connectivity index (χ4n) is 1.42. The van der Waals surface area contributed by atoms with Crippen molar-refractivity contribution in [1.29, 1.82) is 0 Å². The largest absolute Gasteiger partial charge is 0.452 e. The Morgan fingerprint density at radius 3 is 2.38 bits per heavy atom. The summed E-state index contributed by atoms with van der Waals surface area (Å²) in [4.78, 5) is 14.2. The van der Waals surface area contributed by atoms with Crippen LogP contribution in [-0.2, 0) is 9.53 Å². The number of rotatable bonds is 5. The molecule has 1 rings (SSSR count). The van der Waals surface area contributed by atoms with Gasteiger partial charge in [-0.3, -0.25) is 14.6 Å². The molecule has 5 heteroatoms. The Hall–Kier alpha value is -0.650. The van der Waals surface area contributed by atoms with Gasteiger partial charge in [0.2, 0.25) is 0 Å². The van der Waals surface area contributed by atoms with Gasteiger partial charge in [-0.2, -0.15) is 0 Å². The van der Waals surface area contributed by atoms with E-state index in [-0.39, 0.29) is 6.61 Å². The molecule has 1 aliphatic rings. The maximum atomic E-state index is 9.92. The molecule has 0 bridgehead atoms. The van der Waals surface area contributed by atoms with Crippen molar-refractivity contribution in [2.45, 2.75) is 0 Å². The van der Waals surface area contributed by atoms with E-state index in [0.29, 0.717) is 13.2 Å². The van der Waals surface area contributed by atoms with Crippen molar-refractivity contribution in [3.63, 3.8) is 0 Å². The minimum absolute atomic E-state index is 0.213. The minimum atomic E-state index is 0.213. The summed E-state index contributed by atoms with van der Waals surface area (Å²) in [5.41, 5.74) is 0. The monoisotopic (exact) mass is 188 g/mol. The van der Waals surface area contributed by atoms with Gasteiger partial charge in [0.1, 0.15) is 6.73 Å². The van der Waals surface area contributed by atoms with Crippen molar-refractivity contribution >= 4 is 6.47 Å². The van der Waals surface area contributed by atoms with Crippen molar-refractivity contribution < 1.29 is 14.6 Å². The SMILES string of the molecule is O=COCN1CCN(CCO)CC1. The third-order valence-electron chi connectivity index (χ3n) is 2.21. The number of β-amino-alcohol motifs (C(OH)–C–C–N with tert-alkyl or cyclic N) is 1. The van der Waals surface area contributed by atoms with Crippen molar-refractivity contribution in [1.82, 2.24) is 9.80 Å². The standard InChI is InChI=1S/C8H16N2O3/c11-6-5-9-1-3-10(4-2-9)7-13-8-12/h8,11H,1-7H2. The highest BCUT2D eigenvalue weighted by Crippen LogP contribution is 2.00. The van der Waals surface area contributed by atoms with Crippen LogP contribution in [0.5, 0.6) is 0 Å². The van der Waals surface area contributed by atoms with Crippen LogP contribution in [0, 0.1) is 0 Å². The van der Waals surface area contributed by atoms with E-state index in [0.717, 1.165) is 32.7 Å². The number of aliphatic hydroxyl groups excluding tert-OH is 1. The van der Waals surface area contributed by atoms with E-state index in [1.54, 1.807) is 0 Å². The lowest BCUT2D eigenvalue weighted by molar-refractivity contribution is -0.134. The van der Waals surface area contributed by atoms with E-state index in [1.165, 1.54) is 0 Å². The number of aliphatic hydroxyl groups is 1. The van der Waals surface area contributed by atoms with Gasteiger partial charge in [-0.05, 0) is 0 Å². The fourth-order valence-corrected chi connectivity index (χ4v) is 1.42. The Bertz CT molecular complexity index is 146. The molecule has 0 saturated carbocycles. The number of hydrogen-bond acceptors (Lipinski definition) is 5. The summed E-state index contributed by atoms with van der Waals surface area (Å²) < 4.78 is 4.65. The maximum absolute atomic E-state index is 9.92. The zero-order valence-electron chi connectivity index (χ0n) is 7.69. The van der Waals surface area contributed by atoms with Gasteiger partial charge in [0, 0.05) is 32.7 Å². The molecule has 1 aliphatic heterocycles. The molecule has 0 spiro atoms. The number of carbonyl (C=O) groups excluding carboxylic acids is 1. The molecule has 5 nitrogen and oxygen atoms in total. The molecule has 1 N–H and O–H groups in total. The highest BCUT2D eigenvalue weighted by molar-refractivity contribution is 5.36. The fraction of sp³-hybridized carbons (Fsp3) is 0.875. The van der Waals surface area contributed by atoms with Gasteiger partial charge >= 0.3 is 0 Å². The summed E-state index contributed by atoms with van der Waals surface area (Å²) in [5.74, 6) is 0.